The summed E-state index contributed by atoms with van der Waals surface area (Å²) in [6, 6.07) is 3.39. The molecule has 3 heterocycles. The number of oxazole rings is 1. The van der Waals surface area contributed by atoms with Gasteiger partial charge >= 0.3 is 5.66 Å². The first-order valence-electron chi connectivity index (χ1n) is 11.5. The Balaban J connectivity index is 1.77. The smallest absolute Gasteiger partial charge is 0.304 e. The number of alkyl halides is 2. The Bertz CT molecular complexity index is 993. The second-order valence-electron chi connectivity index (χ2n) is 8.79. The molecular formula is C23H32F2N5O3P. The molecule has 11 heteroatoms. The van der Waals surface area contributed by atoms with Crippen molar-refractivity contribution < 1.29 is 22.8 Å². The van der Waals surface area contributed by atoms with Gasteiger partial charge in [-0.05, 0) is 44.2 Å². The predicted octanol–water partition coefficient (Wildman–Crippen LogP) is 4.68. The van der Waals surface area contributed by atoms with E-state index in [2.05, 4.69) is 22.2 Å². The molecule has 2 unspecified atom stereocenters. The number of amides is 1. The fourth-order valence-electron chi connectivity index (χ4n) is 3.93. The number of anilines is 3. The minimum atomic E-state index is -3.42. The molecule has 2 atom stereocenters. The average molecular weight is 496 g/mol. The van der Waals surface area contributed by atoms with E-state index in [1.54, 1.807) is 24.0 Å². The predicted molar refractivity (Wildman–Crippen MR) is 131 cm³/mol. The van der Waals surface area contributed by atoms with Crippen molar-refractivity contribution in [2.45, 2.75) is 52.1 Å². The van der Waals surface area contributed by atoms with Crippen molar-refractivity contribution >= 4 is 38.5 Å². The summed E-state index contributed by atoms with van der Waals surface area (Å²) >= 11 is 0. The number of carbonyl (C=O) groups excluding carboxylic acids is 2. The van der Waals surface area contributed by atoms with Crippen LogP contribution in [0, 0.1) is 5.92 Å². The van der Waals surface area contributed by atoms with Gasteiger partial charge < -0.3 is 19.5 Å². The lowest BCUT2D eigenvalue weighted by molar-refractivity contribution is -0.116. The van der Waals surface area contributed by atoms with Gasteiger partial charge in [-0.15, -0.1) is 0 Å². The highest BCUT2D eigenvalue weighted by molar-refractivity contribution is 7.17. The molecule has 1 N–H and O–H groups in total. The summed E-state index contributed by atoms with van der Waals surface area (Å²) in [4.78, 5) is 36.3. The Morgan fingerprint density at radius 2 is 2.12 bits per heavy atom. The monoisotopic (exact) mass is 495 g/mol. The Morgan fingerprint density at radius 3 is 2.71 bits per heavy atom. The van der Waals surface area contributed by atoms with Gasteiger partial charge in [-0.25, -0.2) is 4.98 Å². The fourth-order valence-corrected chi connectivity index (χ4v) is 4.12. The van der Waals surface area contributed by atoms with Crippen molar-refractivity contribution in [3.05, 3.63) is 29.8 Å². The quantitative estimate of drug-likeness (QED) is 0.479. The van der Waals surface area contributed by atoms with Crippen LogP contribution in [0.25, 0.3) is 0 Å². The highest BCUT2D eigenvalue weighted by atomic mass is 31.0. The molecule has 2 aromatic rings. The van der Waals surface area contributed by atoms with Gasteiger partial charge in [0.2, 0.25) is 5.76 Å². The van der Waals surface area contributed by atoms with Crippen LogP contribution in [0.4, 0.5) is 26.3 Å². The maximum atomic E-state index is 14.2. The molecule has 0 spiro atoms. The molecule has 1 aliphatic heterocycles. The Kier molecular flexibility index (Phi) is 8.57. The van der Waals surface area contributed by atoms with E-state index < -0.39 is 23.0 Å². The standard InChI is InChI=1S/C23H32F2N5O3P/c1-4-10-29(12-9-16(3)31)18-8-7-17(13-26-18)27-21(32)19-20(23(24,25)34)28-22(33-19)30-11-5-6-15(2)14-30/h7-8,13,15H,4-6,9-12,14,34H2,1-3H3,(H,27,32). The van der Waals surface area contributed by atoms with Crippen molar-refractivity contribution in [2.24, 2.45) is 5.92 Å². The third-order valence-electron chi connectivity index (χ3n) is 5.62. The number of pyridine rings is 1. The van der Waals surface area contributed by atoms with Gasteiger partial charge in [0.05, 0.1) is 11.9 Å². The Hall–Kier alpha value is -2.61. The minimum Gasteiger partial charge on any atom is -0.418 e. The van der Waals surface area contributed by atoms with E-state index in [0.29, 0.717) is 43.5 Å². The van der Waals surface area contributed by atoms with Crippen molar-refractivity contribution in [2.75, 3.05) is 41.3 Å². The summed E-state index contributed by atoms with van der Waals surface area (Å²) in [6.45, 7) is 8.20. The largest absolute Gasteiger partial charge is 0.418 e. The van der Waals surface area contributed by atoms with E-state index in [1.165, 1.54) is 15.4 Å². The average Bonchev–Trinajstić information content (AvgIpc) is 3.24. The number of nitrogens with one attached hydrogen (secondary N) is 1. The molecule has 8 nitrogen and oxygen atoms in total. The molecule has 1 saturated heterocycles. The van der Waals surface area contributed by atoms with E-state index in [4.69, 9.17) is 4.42 Å². The lowest BCUT2D eigenvalue weighted by Gasteiger charge is -2.29. The van der Waals surface area contributed by atoms with E-state index in [9.17, 15) is 18.4 Å². The molecule has 0 saturated carbocycles. The van der Waals surface area contributed by atoms with Gasteiger partial charge in [0.1, 0.15) is 11.6 Å². The topological polar surface area (TPSA) is 91.6 Å². The molecule has 34 heavy (non-hydrogen) atoms. The Morgan fingerprint density at radius 1 is 1.35 bits per heavy atom. The van der Waals surface area contributed by atoms with Crippen LogP contribution in [0.2, 0.25) is 0 Å². The van der Waals surface area contributed by atoms with Crippen LogP contribution in [0.1, 0.15) is 62.7 Å². The summed E-state index contributed by atoms with van der Waals surface area (Å²) in [5, 5.41) is 2.58. The normalized spacial score (nSPS) is 16.4. The lowest BCUT2D eigenvalue weighted by atomic mass is 10.0. The van der Waals surface area contributed by atoms with Crippen LogP contribution in [0.3, 0.4) is 0 Å². The van der Waals surface area contributed by atoms with E-state index >= 15 is 0 Å². The van der Waals surface area contributed by atoms with Gasteiger partial charge in [0.15, 0.2) is 5.69 Å². The second kappa shape index (κ2) is 11.2. The molecule has 186 valence electrons. The molecule has 2 aromatic heterocycles. The number of Topliss-reactive ketones (excluding diaryl/α,β-unsaturated/α-hetero) is 1. The van der Waals surface area contributed by atoms with Gasteiger partial charge in [0.25, 0.3) is 11.9 Å². The highest BCUT2D eigenvalue weighted by Crippen LogP contribution is 2.39. The number of piperidine rings is 1. The minimum absolute atomic E-state index is 0.0305. The molecule has 0 bridgehead atoms. The van der Waals surface area contributed by atoms with Crippen LogP contribution < -0.4 is 15.1 Å². The Labute approximate surface area is 200 Å². The van der Waals surface area contributed by atoms with Crippen LogP contribution >= 0.6 is 9.24 Å². The van der Waals surface area contributed by atoms with Crippen LogP contribution in [-0.2, 0) is 10.5 Å². The maximum absolute atomic E-state index is 14.2. The number of rotatable bonds is 10. The van der Waals surface area contributed by atoms with Crippen molar-refractivity contribution in [3.8, 4) is 0 Å². The number of carbonyl (C=O) groups is 2. The summed E-state index contributed by atoms with van der Waals surface area (Å²) in [7, 11) is 1.41. The zero-order chi connectivity index (χ0) is 24.9. The van der Waals surface area contributed by atoms with Crippen molar-refractivity contribution in [1.29, 1.82) is 0 Å². The molecule has 3 rings (SSSR count). The zero-order valence-electron chi connectivity index (χ0n) is 19.8. The number of aromatic nitrogens is 2. The molecular weight excluding hydrogens is 463 g/mol. The summed E-state index contributed by atoms with van der Waals surface area (Å²) in [5.41, 5.74) is -3.81. The van der Waals surface area contributed by atoms with Crippen molar-refractivity contribution in [3.63, 3.8) is 0 Å². The number of hydrogen-bond donors (Lipinski definition) is 1. The summed E-state index contributed by atoms with van der Waals surface area (Å²) in [6.07, 6.45) is 4.69. The maximum Gasteiger partial charge on any atom is 0.304 e. The third kappa shape index (κ3) is 6.72. The first-order chi connectivity index (χ1) is 16.1. The molecule has 0 radical (unpaired) electrons. The molecule has 1 amide bonds. The van der Waals surface area contributed by atoms with Crippen molar-refractivity contribution in [1.82, 2.24) is 9.97 Å². The van der Waals surface area contributed by atoms with E-state index in [0.717, 1.165) is 25.8 Å². The number of halogens is 2. The number of ketones is 1. The third-order valence-corrected chi connectivity index (χ3v) is 5.90. The van der Waals surface area contributed by atoms with Gasteiger partial charge in [-0.3, -0.25) is 9.59 Å². The zero-order valence-corrected chi connectivity index (χ0v) is 21.0. The summed E-state index contributed by atoms with van der Waals surface area (Å²) in [5.74, 6) is -0.203. The SMILES string of the molecule is CCCN(CCC(C)=O)c1ccc(NC(=O)c2oc(N3CCCC(C)C3)nc2C(F)(F)P)cn1. The first kappa shape index (κ1) is 26.0. The van der Waals surface area contributed by atoms with E-state index in [-0.39, 0.29) is 11.8 Å². The molecule has 1 aliphatic rings. The molecule has 1 fully saturated rings. The number of nitrogens with zero attached hydrogens (tertiary/aromatic N) is 4. The number of hydrogen-bond acceptors (Lipinski definition) is 7. The van der Waals surface area contributed by atoms with Crippen LogP contribution in [0.15, 0.2) is 22.7 Å². The van der Waals surface area contributed by atoms with Crippen LogP contribution in [0.5, 0.6) is 0 Å². The van der Waals surface area contributed by atoms with Gasteiger partial charge in [-0.2, -0.15) is 13.8 Å². The molecule has 0 aliphatic carbocycles. The lowest BCUT2D eigenvalue weighted by Crippen LogP contribution is -2.34. The van der Waals surface area contributed by atoms with Gasteiger partial charge in [-0.1, -0.05) is 23.1 Å². The second-order valence-corrected chi connectivity index (χ2v) is 9.51. The highest BCUT2D eigenvalue weighted by Gasteiger charge is 2.38. The van der Waals surface area contributed by atoms with Crippen LogP contribution in [-0.4, -0.2) is 47.8 Å². The fraction of sp³-hybridized carbons (Fsp3) is 0.565. The molecule has 0 aromatic carbocycles. The van der Waals surface area contributed by atoms with E-state index in [1.807, 2.05) is 11.8 Å². The van der Waals surface area contributed by atoms with Gasteiger partial charge in [0, 0.05) is 32.6 Å². The summed E-state index contributed by atoms with van der Waals surface area (Å²) < 4.78 is 34.0. The first-order valence-corrected chi connectivity index (χ1v) is 12.1.